The van der Waals surface area contributed by atoms with Crippen molar-refractivity contribution in [2.45, 2.75) is 79.1 Å². The predicted molar refractivity (Wildman–Crippen MR) is 89.7 cm³/mol. The molecule has 5 nitrogen and oxygen atoms in total. The highest BCUT2D eigenvalue weighted by molar-refractivity contribution is 8.93. The Balaban J connectivity index is -0.000000578. The lowest BCUT2D eigenvalue weighted by molar-refractivity contribution is -2.00. The van der Waals surface area contributed by atoms with Crippen LogP contribution < -0.4 is 18.6 Å². The van der Waals surface area contributed by atoms with Crippen LogP contribution in [-0.2, 0) is 0 Å². The van der Waals surface area contributed by atoms with Crippen LogP contribution in [-0.4, -0.2) is 30.7 Å². The van der Waals surface area contributed by atoms with Crippen LogP contribution >= 0.6 is 17.0 Å². The minimum Gasteiger partial charge on any atom is -0.324 e. The molecular formula is C16H37BrClNO4. The zero-order chi connectivity index (χ0) is 17.5. The standard InChI is InChI=1S/C16H36N.BrH.ClHO4/c1-5-9-13-17(14-10-6-2,15-11-7-3)16-12-8-4;;2-1(3,4)5/h5-16H2,1-4H3;1H;(H,2,3,4,5)/q+1;;/p-1. The Morgan fingerprint density at radius 2 is 0.739 bits per heavy atom. The minimum absolute atomic E-state index is 0. The number of hydrogen-bond donors (Lipinski definition) is 0. The fourth-order valence-corrected chi connectivity index (χ4v) is 2.64. The largest absolute Gasteiger partial charge is 0.324 e. The Kier molecular flexibility index (Phi) is 21.5. The van der Waals surface area contributed by atoms with Crippen molar-refractivity contribution in [3.8, 4) is 0 Å². The Bertz CT molecular complexity index is 197. The second-order valence-corrected chi connectivity index (χ2v) is 6.78. The van der Waals surface area contributed by atoms with Crippen molar-refractivity contribution in [3.63, 3.8) is 0 Å². The zero-order valence-electron chi connectivity index (χ0n) is 15.4. The second kappa shape index (κ2) is 17.4. The number of nitrogens with zero attached hydrogens (tertiary/aromatic N) is 1. The molecule has 23 heavy (non-hydrogen) atoms. The molecular weight excluding hydrogens is 386 g/mol. The first kappa shape index (κ1) is 28.4. The van der Waals surface area contributed by atoms with Gasteiger partial charge in [0.05, 0.1) is 26.2 Å². The molecule has 0 atom stereocenters. The normalized spacial score (nSPS) is 11.5. The summed E-state index contributed by atoms with van der Waals surface area (Å²) in [4.78, 5) is 0. The molecule has 144 valence electrons. The highest BCUT2D eigenvalue weighted by Crippen LogP contribution is 2.16. The van der Waals surface area contributed by atoms with Gasteiger partial charge < -0.3 is 4.48 Å². The van der Waals surface area contributed by atoms with Crippen molar-refractivity contribution >= 4 is 17.0 Å². The molecule has 0 spiro atoms. The van der Waals surface area contributed by atoms with Gasteiger partial charge in [-0.1, -0.05) is 53.4 Å². The topological polar surface area (TPSA) is 92.2 Å². The highest BCUT2D eigenvalue weighted by atomic mass is 79.9. The summed E-state index contributed by atoms with van der Waals surface area (Å²) in [5.74, 6) is 0. The van der Waals surface area contributed by atoms with Gasteiger partial charge in [0.15, 0.2) is 0 Å². The van der Waals surface area contributed by atoms with Crippen LogP contribution in [0.5, 0.6) is 0 Å². The van der Waals surface area contributed by atoms with Crippen LogP contribution in [0.4, 0.5) is 0 Å². The maximum absolute atomic E-state index is 8.49. The summed E-state index contributed by atoms with van der Waals surface area (Å²) in [6.07, 6.45) is 11.1. The lowest BCUT2D eigenvalue weighted by Gasteiger charge is -2.39. The SMILES string of the molecule is Br.CCCC[N+](CCCC)(CCCC)CCCC.[O-][Cl+3]([O-])([O-])[O-]. The van der Waals surface area contributed by atoms with Gasteiger partial charge in [-0.25, -0.2) is 18.6 Å². The zero-order valence-corrected chi connectivity index (χ0v) is 17.8. The molecule has 0 radical (unpaired) electrons. The molecule has 0 unspecified atom stereocenters. The number of hydrogen-bond acceptors (Lipinski definition) is 4. The molecule has 0 bridgehead atoms. The average molecular weight is 423 g/mol. The minimum atomic E-state index is -4.94. The number of unbranched alkanes of at least 4 members (excludes halogenated alkanes) is 4. The fourth-order valence-electron chi connectivity index (χ4n) is 2.64. The molecule has 0 aliphatic carbocycles. The molecule has 0 amide bonds. The summed E-state index contributed by atoms with van der Waals surface area (Å²) in [5.41, 5.74) is 0. The Morgan fingerprint density at radius 1 is 0.565 bits per heavy atom. The molecule has 0 aliphatic rings. The monoisotopic (exact) mass is 421 g/mol. The van der Waals surface area contributed by atoms with E-state index in [4.69, 9.17) is 18.6 Å². The lowest BCUT2D eigenvalue weighted by atomic mass is 10.1. The van der Waals surface area contributed by atoms with Crippen molar-refractivity contribution < 1.29 is 33.4 Å². The van der Waals surface area contributed by atoms with Gasteiger partial charge in [0.25, 0.3) is 0 Å². The first-order valence-electron chi connectivity index (χ1n) is 8.71. The third kappa shape index (κ3) is 22.6. The predicted octanol–water partition coefficient (Wildman–Crippen LogP) is 0.826. The summed E-state index contributed by atoms with van der Waals surface area (Å²) in [6.45, 7) is 15.0. The first-order chi connectivity index (χ1) is 10.2. The molecule has 0 heterocycles. The first-order valence-corrected chi connectivity index (χ1v) is 9.94. The van der Waals surface area contributed by atoms with E-state index in [0.29, 0.717) is 0 Å². The Labute approximate surface area is 155 Å². The van der Waals surface area contributed by atoms with E-state index < -0.39 is 10.2 Å². The molecule has 0 saturated heterocycles. The van der Waals surface area contributed by atoms with E-state index in [0.717, 1.165) is 0 Å². The van der Waals surface area contributed by atoms with E-state index in [1.807, 2.05) is 0 Å². The summed E-state index contributed by atoms with van der Waals surface area (Å²) < 4.78 is 35.4. The van der Waals surface area contributed by atoms with Crippen LogP contribution in [0.25, 0.3) is 0 Å². The molecule has 0 aliphatic heterocycles. The smallest absolute Gasteiger partial charge is 0.0786 e. The Morgan fingerprint density at radius 3 is 0.870 bits per heavy atom. The van der Waals surface area contributed by atoms with E-state index in [1.54, 1.807) is 0 Å². The average Bonchev–Trinajstić information content (AvgIpc) is 2.44. The van der Waals surface area contributed by atoms with Crippen LogP contribution in [0.15, 0.2) is 0 Å². The number of halogens is 2. The second-order valence-electron chi connectivity index (χ2n) is 6.03. The van der Waals surface area contributed by atoms with Crippen LogP contribution in [0.2, 0.25) is 0 Å². The maximum Gasteiger partial charge on any atom is 0.0786 e. The van der Waals surface area contributed by atoms with Crippen LogP contribution in [0.1, 0.15) is 79.1 Å². The van der Waals surface area contributed by atoms with E-state index in [1.165, 1.54) is 82.0 Å². The van der Waals surface area contributed by atoms with Crippen LogP contribution in [0, 0.1) is 10.2 Å². The summed E-state index contributed by atoms with van der Waals surface area (Å²) in [6, 6.07) is 0. The van der Waals surface area contributed by atoms with E-state index in [9.17, 15) is 0 Å². The van der Waals surface area contributed by atoms with Crippen LogP contribution in [0.3, 0.4) is 0 Å². The molecule has 7 heteroatoms. The fraction of sp³-hybridized carbons (Fsp3) is 1.00. The summed E-state index contributed by atoms with van der Waals surface area (Å²) in [7, 11) is -4.94. The number of rotatable bonds is 12. The van der Waals surface area contributed by atoms with Gasteiger partial charge in [-0.15, -0.1) is 27.2 Å². The third-order valence-corrected chi connectivity index (χ3v) is 3.94. The van der Waals surface area contributed by atoms with Gasteiger partial charge in [-0.2, -0.15) is 0 Å². The van der Waals surface area contributed by atoms with Gasteiger partial charge in [0, 0.05) is 0 Å². The van der Waals surface area contributed by atoms with Gasteiger partial charge in [-0.05, 0) is 25.7 Å². The Hall–Kier alpha value is 0.570. The van der Waals surface area contributed by atoms with Gasteiger partial charge in [0.2, 0.25) is 0 Å². The molecule has 0 N–H and O–H groups in total. The van der Waals surface area contributed by atoms with E-state index in [-0.39, 0.29) is 17.0 Å². The van der Waals surface area contributed by atoms with Crippen molar-refractivity contribution in [2.75, 3.05) is 26.2 Å². The van der Waals surface area contributed by atoms with E-state index >= 15 is 0 Å². The molecule has 0 saturated carbocycles. The third-order valence-electron chi connectivity index (χ3n) is 3.94. The summed E-state index contributed by atoms with van der Waals surface area (Å²) in [5, 5.41) is 0. The summed E-state index contributed by atoms with van der Waals surface area (Å²) >= 11 is 0. The van der Waals surface area contributed by atoms with Crippen molar-refractivity contribution in [1.29, 1.82) is 0 Å². The van der Waals surface area contributed by atoms with Gasteiger partial charge in [-0.3, -0.25) is 0 Å². The van der Waals surface area contributed by atoms with Gasteiger partial charge >= 0.3 is 0 Å². The lowest BCUT2D eigenvalue weighted by Crippen LogP contribution is -2.68. The quantitative estimate of drug-likeness (QED) is 0.435. The van der Waals surface area contributed by atoms with Gasteiger partial charge in [0.1, 0.15) is 0 Å². The van der Waals surface area contributed by atoms with Crippen molar-refractivity contribution in [2.24, 2.45) is 0 Å². The van der Waals surface area contributed by atoms with Crippen molar-refractivity contribution in [3.05, 3.63) is 0 Å². The molecule has 0 fully saturated rings. The molecule has 0 aromatic rings. The molecule has 0 rings (SSSR count). The maximum atomic E-state index is 8.49. The van der Waals surface area contributed by atoms with Crippen molar-refractivity contribution in [1.82, 2.24) is 0 Å². The molecule has 0 aromatic carbocycles. The van der Waals surface area contributed by atoms with E-state index in [2.05, 4.69) is 27.7 Å². The highest BCUT2D eigenvalue weighted by Gasteiger charge is 2.24. The number of quaternary nitrogens is 1. The molecule has 0 aromatic heterocycles.